The molecular weight excluding hydrogens is 385 g/mol. The summed E-state index contributed by atoms with van der Waals surface area (Å²) < 4.78 is 6.18. The van der Waals surface area contributed by atoms with Crippen LogP contribution >= 0.6 is 38.5 Å². The molecule has 2 rings (SSSR count). The first-order chi connectivity index (χ1) is 7.63. The molecule has 0 amide bonds. The van der Waals surface area contributed by atoms with Crippen molar-refractivity contribution in [2.24, 2.45) is 0 Å². The number of ether oxygens (including phenoxy) is 1. The highest BCUT2D eigenvalue weighted by atomic mass is 127. The molecule has 0 aliphatic carbocycles. The van der Waals surface area contributed by atoms with E-state index in [1.807, 2.05) is 25.1 Å². The SMILES string of the molecule is CCOC(=O)C1Nc2ccc(Br)cc2C1I. The van der Waals surface area contributed by atoms with Crippen LogP contribution in [0.1, 0.15) is 16.4 Å². The highest BCUT2D eigenvalue weighted by molar-refractivity contribution is 14.1. The lowest BCUT2D eigenvalue weighted by Crippen LogP contribution is -2.30. The summed E-state index contributed by atoms with van der Waals surface area (Å²) >= 11 is 5.71. The maximum Gasteiger partial charge on any atom is 0.330 e. The largest absolute Gasteiger partial charge is 0.464 e. The molecule has 5 heteroatoms. The summed E-state index contributed by atoms with van der Waals surface area (Å²) in [5.74, 6) is -0.186. The average molecular weight is 396 g/mol. The van der Waals surface area contributed by atoms with Crippen LogP contribution in [0, 0.1) is 0 Å². The number of rotatable bonds is 2. The molecule has 1 aromatic rings. The van der Waals surface area contributed by atoms with Crippen molar-refractivity contribution < 1.29 is 9.53 Å². The number of hydrogen-bond donors (Lipinski definition) is 1. The molecule has 2 unspecified atom stereocenters. The number of alkyl halides is 1. The van der Waals surface area contributed by atoms with Gasteiger partial charge < -0.3 is 10.1 Å². The van der Waals surface area contributed by atoms with Gasteiger partial charge in [-0.3, -0.25) is 0 Å². The number of carbonyl (C=O) groups excluding carboxylic acids is 1. The van der Waals surface area contributed by atoms with Crippen molar-refractivity contribution >= 4 is 50.2 Å². The van der Waals surface area contributed by atoms with E-state index in [2.05, 4.69) is 43.8 Å². The smallest absolute Gasteiger partial charge is 0.330 e. The van der Waals surface area contributed by atoms with Gasteiger partial charge in [0.2, 0.25) is 0 Å². The van der Waals surface area contributed by atoms with Gasteiger partial charge in [-0.15, -0.1) is 0 Å². The molecule has 1 N–H and O–H groups in total. The molecule has 1 heterocycles. The Morgan fingerprint density at radius 2 is 2.38 bits per heavy atom. The molecule has 1 aromatic carbocycles. The molecular formula is C11H11BrINO2. The van der Waals surface area contributed by atoms with Gasteiger partial charge in [-0.25, -0.2) is 4.79 Å². The van der Waals surface area contributed by atoms with Gasteiger partial charge in [0.1, 0.15) is 6.04 Å². The summed E-state index contributed by atoms with van der Waals surface area (Å²) in [5, 5.41) is 3.19. The minimum atomic E-state index is -0.273. The number of nitrogens with one attached hydrogen (secondary N) is 1. The summed E-state index contributed by atoms with van der Waals surface area (Å²) in [7, 11) is 0. The number of halogens is 2. The van der Waals surface area contributed by atoms with Gasteiger partial charge in [0.15, 0.2) is 0 Å². The standard InChI is InChI=1S/C11H11BrINO2/c1-2-16-11(15)10-9(13)7-5-6(12)3-4-8(7)14-10/h3-5,9-10,14H,2H2,1H3. The van der Waals surface area contributed by atoms with Gasteiger partial charge in [0, 0.05) is 10.2 Å². The Kier molecular flexibility index (Phi) is 3.73. The van der Waals surface area contributed by atoms with Crippen molar-refractivity contribution in [3.63, 3.8) is 0 Å². The maximum absolute atomic E-state index is 11.7. The molecule has 0 saturated heterocycles. The van der Waals surface area contributed by atoms with Crippen molar-refractivity contribution in [1.82, 2.24) is 0 Å². The molecule has 16 heavy (non-hydrogen) atoms. The van der Waals surface area contributed by atoms with E-state index in [9.17, 15) is 4.79 Å². The number of benzene rings is 1. The zero-order chi connectivity index (χ0) is 11.7. The van der Waals surface area contributed by atoms with Crippen molar-refractivity contribution in [2.75, 3.05) is 11.9 Å². The molecule has 0 spiro atoms. The number of anilines is 1. The van der Waals surface area contributed by atoms with E-state index in [-0.39, 0.29) is 15.9 Å². The van der Waals surface area contributed by atoms with E-state index in [1.54, 1.807) is 0 Å². The lowest BCUT2D eigenvalue weighted by Gasteiger charge is -2.13. The second-order valence-electron chi connectivity index (χ2n) is 3.51. The zero-order valence-electron chi connectivity index (χ0n) is 8.67. The second kappa shape index (κ2) is 4.91. The fraction of sp³-hybridized carbons (Fsp3) is 0.364. The molecule has 2 atom stereocenters. The Morgan fingerprint density at radius 1 is 1.62 bits per heavy atom. The number of fused-ring (bicyclic) bond motifs is 1. The fourth-order valence-electron chi connectivity index (χ4n) is 1.72. The summed E-state index contributed by atoms with van der Waals surface area (Å²) in [6.45, 7) is 2.24. The van der Waals surface area contributed by atoms with Crippen molar-refractivity contribution in [1.29, 1.82) is 0 Å². The fourth-order valence-corrected chi connectivity index (χ4v) is 3.09. The van der Waals surface area contributed by atoms with Crippen LogP contribution in [0.15, 0.2) is 22.7 Å². The lowest BCUT2D eigenvalue weighted by molar-refractivity contribution is -0.143. The Balaban J connectivity index is 2.24. The van der Waals surface area contributed by atoms with E-state index in [0.29, 0.717) is 6.61 Å². The van der Waals surface area contributed by atoms with Crippen LogP contribution in [0.3, 0.4) is 0 Å². The van der Waals surface area contributed by atoms with Crippen molar-refractivity contribution in [2.45, 2.75) is 16.9 Å². The molecule has 86 valence electrons. The van der Waals surface area contributed by atoms with Gasteiger partial charge in [-0.05, 0) is 30.7 Å². The third-order valence-electron chi connectivity index (χ3n) is 2.45. The second-order valence-corrected chi connectivity index (χ2v) is 5.77. The highest BCUT2D eigenvalue weighted by Gasteiger charge is 2.36. The summed E-state index contributed by atoms with van der Waals surface area (Å²) in [6.07, 6.45) is 0. The number of hydrogen-bond acceptors (Lipinski definition) is 3. The van der Waals surface area contributed by atoms with Gasteiger partial charge in [0.25, 0.3) is 0 Å². The topological polar surface area (TPSA) is 38.3 Å². The Labute approximate surface area is 116 Å². The first-order valence-electron chi connectivity index (χ1n) is 5.00. The molecule has 1 aliphatic rings. The van der Waals surface area contributed by atoms with Gasteiger partial charge >= 0.3 is 5.97 Å². The monoisotopic (exact) mass is 395 g/mol. The molecule has 3 nitrogen and oxygen atoms in total. The first kappa shape index (κ1) is 12.2. The first-order valence-corrected chi connectivity index (χ1v) is 7.04. The van der Waals surface area contributed by atoms with E-state index in [0.717, 1.165) is 15.7 Å². The lowest BCUT2D eigenvalue weighted by atomic mass is 10.1. The van der Waals surface area contributed by atoms with E-state index < -0.39 is 0 Å². The maximum atomic E-state index is 11.7. The number of esters is 1. The highest BCUT2D eigenvalue weighted by Crippen LogP contribution is 2.41. The number of carbonyl (C=O) groups is 1. The molecule has 0 radical (unpaired) electrons. The normalized spacial score (nSPS) is 22.4. The molecule has 1 aliphatic heterocycles. The minimum Gasteiger partial charge on any atom is -0.464 e. The van der Waals surface area contributed by atoms with Crippen LogP contribution < -0.4 is 5.32 Å². The Morgan fingerprint density at radius 3 is 3.06 bits per heavy atom. The van der Waals surface area contributed by atoms with Crippen LogP contribution in [-0.2, 0) is 9.53 Å². The zero-order valence-corrected chi connectivity index (χ0v) is 12.4. The van der Waals surface area contributed by atoms with Crippen molar-refractivity contribution in [3.8, 4) is 0 Å². The summed E-state index contributed by atoms with van der Waals surface area (Å²) in [4.78, 5) is 11.7. The summed E-state index contributed by atoms with van der Waals surface area (Å²) in [6, 6.07) is 5.70. The Bertz CT molecular complexity index is 424. The molecule has 0 saturated carbocycles. The Hall–Kier alpha value is -0.300. The minimum absolute atomic E-state index is 0.115. The van der Waals surface area contributed by atoms with Crippen LogP contribution in [0.5, 0.6) is 0 Å². The van der Waals surface area contributed by atoms with Gasteiger partial charge in [-0.2, -0.15) is 0 Å². The van der Waals surface area contributed by atoms with E-state index in [1.165, 1.54) is 0 Å². The molecule has 0 bridgehead atoms. The third-order valence-corrected chi connectivity index (χ3v) is 4.34. The van der Waals surface area contributed by atoms with Crippen LogP contribution in [0.2, 0.25) is 0 Å². The average Bonchev–Trinajstić information content (AvgIpc) is 2.57. The predicted octanol–water partition coefficient (Wildman–Crippen LogP) is 3.28. The summed E-state index contributed by atoms with van der Waals surface area (Å²) in [5.41, 5.74) is 2.16. The van der Waals surface area contributed by atoms with Crippen LogP contribution in [0.4, 0.5) is 5.69 Å². The van der Waals surface area contributed by atoms with Crippen LogP contribution in [0.25, 0.3) is 0 Å². The van der Waals surface area contributed by atoms with Gasteiger partial charge in [0.05, 0.1) is 10.5 Å². The van der Waals surface area contributed by atoms with Gasteiger partial charge in [-0.1, -0.05) is 38.5 Å². The van der Waals surface area contributed by atoms with Crippen molar-refractivity contribution in [3.05, 3.63) is 28.2 Å². The third kappa shape index (κ3) is 2.20. The van der Waals surface area contributed by atoms with Crippen LogP contribution in [-0.4, -0.2) is 18.6 Å². The van der Waals surface area contributed by atoms with E-state index >= 15 is 0 Å². The van der Waals surface area contributed by atoms with E-state index in [4.69, 9.17) is 4.74 Å². The predicted molar refractivity (Wildman–Crippen MR) is 74.9 cm³/mol. The molecule has 0 aromatic heterocycles. The molecule has 0 fully saturated rings. The quantitative estimate of drug-likeness (QED) is 0.474.